The number of carbonyl (C=O) groups is 1. The Morgan fingerprint density at radius 3 is 2.65 bits per heavy atom. The van der Waals surface area contributed by atoms with Crippen molar-refractivity contribution in [2.45, 2.75) is 6.92 Å². The predicted molar refractivity (Wildman–Crippen MR) is 83.8 cm³/mol. The minimum atomic E-state index is -0.168. The van der Waals surface area contributed by atoms with Crippen molar-refractivity contribution < 1.29 is 4.79 Å². The highest BCUT2D eigenvalue weighted by Crippen LogP contribution is 2.33. The van der Waals surface area contributed by atoms with E-state index in [9.17, 15) is 4.79 Å². The van der Waals surface area contributed by atoms with E-state index < -0.39 is 0 Å². The van der Waals surface area contributed by atoms with E-state index in [-0.39, 0.29) is 5.91 Å². The van der Waals surface area contributed by atoms with Gasteiger partial charge in [-0.2, -0.15) is 0 Å². The second-order valence-corrected chi connectivity index (χ2v) is 5.79. The zero-order valence-electron chi connectivity index (χ0n) is 10.7. The van der Waals surface area contributed by atoms with Crippen LogP contribution in [0.3, 0.4) is 0 Å². The Kier molecular flexibility index (Phi) is 3.42. The van der Waals surface area contributed by atoms with Crippen LogP contribution in [-0.2, 0) is 0 Å². The van der Waals surface area contributed by atoms with E-state index in [2.05, 4.69) is 10.3 Å². The Morgan fingerprint density at radius 2 is 1.95 bits per heavy atom. The fourth-order valence-corrected chi connectivity index (χ4v) is 3.13. The predicted octanol–water partition coefficient (Wildman–Crippen LogP) is 4.51. The number of hydrogen-bond donors (Lipinski definition) is 1. The summed E-state index contributed by atoms with van der Waals surface area (Å²) in [5.74, 6) is -0.168. The Morgan fingerprint density at radius 1 is 1.20 bits per heavy atom. The summed E-state index contributed by atoms with van der Waals surface area (Å²) < 4.78 is 0.898. The summed E-state index contributed by atoms with van der Waals surface area (Å²) in [5.41, 5.74) is 2.49. The van der Waals surface area contributed by atoms with Gasteiger partial charge in [0.15, 0.2) is 5.13 Å². The van der Waals surface area contributed by atoms with Crippen molar-refractivity contribution in [3.8, 4) is 0 Å². The van der Waals surface area contributed by atoms with Crippen LogP contribution in [0.1, 0.15) is 15.9 Å². The molecule has 1 aromatic heterocycles. The molecule has 0 fully saturated rings. The minimum absolute atomic E-state index is 0.168. The molecular weight excluding hydrogens is 292 g/mol. The van der Waals surface area contributed by atoms with Gasteiger partial charge in [-0.15, -0.1) is 0 Å². The number of hydrogen-bond acceptors (Lipinski definition) is 3. The number of aromatic nitrogens is 1. The van der Waals surface area contributed by atoms with Crippen LogP contribution in [0, 0.1) is 6.92 Å². The van der Waals surface area contributed by atoms with Crippen molar-refractivity contribution in [1.82, 2.24) is 4.98 Å². The number of anilines is 1. The molecular formula is C15H11ClN2OS. The van der Waals surface area contributed by atoms with Crippen molar-refractivity contribution >= 4 is 44.2 Å². The molecule has 0 unspecified atom stereocenters. The van der Waals surface area contributed by atoms with Crippen LogP contribution < -0.4 is 5.32 Å². The normalized spacial score (nSPS) is 10.7. The summed E-state index contributed by atoms with van der Waals surface area (Å²) in [4.78, 5) is 16.5. The van der Waals surface area contributed by atoms with E-state index in [0.717, 1.165) is 15.8 Å². The van der Waals surface area contributed by atoms with Crippen LogP contribution in [0.5, 0.6) is 0 Å². The molecule has 3 nitrogen and oxygen atoms in total. The van der Waals surface area contributed by atoms with Crippen LogP contribution in [0.2, 0.25) is 5.02 Å². The summed E-state index contributed by atoms with van der Waals surface area (Å²) in [6, 6.07) is 12.8. The summed E-state index contributed by atoms with van der Waals surface area (Å²) >= 11 is 7.54. The number of halogens is 1. The van der Waals surface area contributed by atoms with Gasteiger partial charge >= 0.3 is 0 Å². The van der Waals surface area contributed by atoms with Gasteiger partial charge in [-0.1, -0.05) is 47.2 Å². The maximum Gasteiger partial charge on any atom is 0.257 e. The molecule has 0 aliphatic heterocycles. The van der Waals surface area contributed by atoms with Crippen molar-refractivity contribution in [2.24, 2.45) is 0 Å². The second kappa shape index (κ2) is 5.23. The molecule has 0 aliphatic carbocycles. The van der Waals surface area contributed by atoms with Crippen molar-refractivity contribution in [1.29, 1.82) is 0 Å². The highest BCUT2D eigenvalue weighted by atomic mass is 35.5. The molecule has 0 saturated carbocycles. The standard InChI is InChI=1S/C15H11ClN2OS/c1-9-7-8-11(16)13-12(9)17-15(20-13)18-14(19)10-5-3-2-4-6-10/h2-8H,1H3,(H,17,18,19). The van der Waals surface area contributed by atoms with Crippen molar-refractivity contribution in [3.63, 3.8) is 0 Å². The lowest BCUT2D eigenvalue weighted by atomic mass is 10.2. The van der Waals surface area contributed by atoms with Crippen molar-refractivity contribution in [3.05, 3.63) is 58.6 Å². The van der Waals surface area contributed by atoms with Crippen molar-refractivity contribution in [2.75, 3.05) is 5.32 Å². The smallest absolute Gasteiger partial charge is 0.257 e. The Balaban J connectivity index is 1.94. The quantitative estimate of drug-likeness (QED) is 0.756. The summed E-state index contributed by atoms with van der Waals surface area (Å²) in [7, 11) is 0. The average molecular weight is 303 g/mol. The third-order valence-electron chi connectivity index (χ3n) is 2.95. The lowest BCUT2D eigenvalue weighted by Crippen LogP contribution is -2.11. The monoisotopic (exact) mass is 302 g/mol. The maximum absolute atomic E-state index is 12.1. The Hall–Kier alpha value is -1.91. The highest BCUT2D eigenvalue weighted by Gasteiger charge is 2.12. The third-order valence-corrected chi connectivity index (χ3v) is 4.38. The molecule has 3 aromatic rings. The first kappa shape index (κ1) is 13.1. The molecule has 2 aromatic carbocycles. The fourth-order valence-electron chi connectivity index (χ4n) is 1.91. The number of thiazole rings is 1. The molecule has 0 aliphatic rings. The van der Waals surface area contributed by atoms with Gasteiger partial charge in [-0.25, -0.2) is 4.98 Å². The van der Waals surface area contributed by atoms with E-state index in [1.54, 1.807) is 12.1 Å². The molecule has 0 saturated heterocycles. The molecule has 1 amide bonds. The summed E-state index contributed by atoms with van der Waals surface area (Å²) in [6.07, 6.45) is 0. The number of rotatable bonds is 2. The number of amides is 1. The van der Waals surface area contributed by atoms with Crippen LogP contribution in [0.15, 0.2) is 42.5 Å². The number of aryl methyl sites for hydroxylation is 1. The SMILES string of the molecule is Cc1ccc(Cl)c2sc(NC(=O)c3ccccc3)nc12. The maximum atomic E-state index is 12.1. The number of nitrogens with zero attached hydrogens (tertiary/aromatic N) is 1. The van der Waals surface area contributed by atoms with Gasteiger partial charge < -0.3 is 0 Å². The Labute approximate surface area is 125 Å². The number of nitrogens with one attached hydrogen (secondary N) is 1. The van der Waals surface area contributed by atoms with Gasteiger partial charge in [0.1, 0.15) is 0 Å². The first-order valence-electron chi connectivity index (χ1n) is 6.07. The van der Waals surface area contributed by atoms with Gasteiger partial charge in [0.2, 0.25) is 0 Å². The van der Waals surface area contributed by atoms with E-state index in [4.69, 9.17) is 11.6 Å². The first-order chi connectivity index (χ1) is 9.65. The van der Waals surface area contributed by atoms with Gasteiger partial charge in [-0.3, -0.25) is 10.1 Å². The Bertz CT molecular complexity index is 744. The van der Waals surface area contributed by atoms with E-state index in [1.165, 1.54) is 11.3 Å². The zero-order chi connectivity index (χ0) is 14.1. The van der Waals surface area contributed by atoms with Crippen LogP contribution in [0.25, 0.3) is 10.2 Å². The number of carbonyl (C=O) groups excluding carboxylic acids is 1. The van der Waals surface area contributed by atoms with E-state index in [1.807, 2.05) is 37.3 Å². The zero-order valence-corrected chi connectivity index (χ0v) is 12.3. The fraction of sp³-hybridized carbons (Fsp3) is 0.0667. The highest BCUT2D eigenvalue weighted by molar-refractivity contribution is 7.23. The summed E-state index contributed by atoms with van der Waals surface area (Å²) in [6.45, 7) is 1.97. The van der Waals surface area contributed by atoms with Crippen LogP contribution >= 0.6 is 22.9 Å². The largest absolute Gasteiger partial charge is 0.298 e. The van der Waals surface area contributed by atoms with Crippen LogP contribution in [0.4, 0.5) is 5.13 Å². The molecule has 5 heteroatoms. The van der Waals surface area contributed by atoms with E-state index in [0.29, 0.717) is 15.7 Å². The first-order valence-corrected chi connectivity index (χ1v) is 7.26. The molecule has 100 valence electrons. The molecule has 0 radical (unpaired) electrons. The molecule has 0 spiro atoms. The van der Waals surface area contributed by atoms with Gasteiger partial charge in [-0.05, 0) is 30.7 Å². The minimum Gasteiger partial charge on any atom is -0.298 e. The second-order valence-electron chi connectivity index (χ2n) is 4.38. The van der Waals surface area contributed by atoms with Gasteiger partial charge in [0.05, 0.1) is 15.2 Å². The summed E-state index contributed by atoms with van der Waals surface area (Å²) in [5, 5.41) is 4.03. The molecule has 0 atom stereocenters. The lowest BCUT2D eigenvalue weighted by molar-refractivity contribution is 0.102. The molecule has 20 heavy (non-hydrogen) atoms. The molecule has 1 heterocycles. The molecule has 1 N–H and O–H groups in total. The van der Waals surface area contributed by atoms with Crippen LogP contribution in [-0.4, -0.2) is 10.9 Å². The number of benzene rings is 2. The average Bonchev–Trinajstić information content (AvgIpc) is 2.89. The van der Waals surface area contributed by atoms with E-state index >= 15 is 0 Å². The third kappa shape index (κ3) is 2.40. The van der Waals surface area contributed by atoms with Gasteiger partial charge in [0, 0.05) is 5.56 Å². The molecule has 3 rings (SSSR count). The molecule has 0 bridgehead atoms. The topological polar surface area (TPSA) is 42.0 Å². The lowest BCUT2D eigenvalue weighted by Gasteiger charge is -2.00. The number of fused-ring (bicyclic) bond motifs is 1. The van der Waals surface area contributed by atoms with Gasteiger partial charge in [0.25, 0.3) is 5.91 Å².